The molecule has 0 radical (unpaired) electrons. The summed E-state index contributed by atoms with van der Waals surface area (Å²) in [5.41, 5.74) is 0.763. The largest absolute Gasteiger partial charge is 0.494 e. The molecule has 0 aromatic heterocycles. The highest BCUT2D eigenvalue weighted by Gasteiger charge is 2.05. The number of benzene rings is 1. The Kier molecular flexibility index (Phi) is 5.57. The third kappa shape index (κ3) is 4.03. The summed E-state index contributed by atoms with van der Waals surface area (Å²) in [5.74, 6) is 1.01. The molecule has 1 aromatic rings. The van der Waals surface area contributed by atoms with E-state index in [0.29, 0.717) is 13.0 Å². The first-order valence-corrected chi connectivity index (χ1v) is 5.68. The van der Waals surface area contributed by atoms with Crippen molar-refractivity contribution in [1.29, 1.82) is 0 Å². The minimum absolute atomic E-state index is 0.193. The van der Waals surface area contributed by atoms with Crippen LogP contribution < -0.4 is 10.1 Å². The second-order valence-electron chi connectivity index (χ2n) is 3.59. The molecule has 0 saturated carbocycles. The SMILES string of the molecule is CCOc1ccc(C(=O)CCCNC)cc1. The van der Waals surface area contributed by atoms with Crippen LogP contribution in [-0.2, 0) is 0 Å². The number of ketones is 1. The molecule has 1 N–H and O–H groups in total. The van der Waals surface area contributed by atoms with Gasteiger partial charge in [-0.2, -0.15) is 0 Å². The van der Waals surface area contributed by atoms with Gasteiger partial charge < -0.3 is 10.1 Å². The number of rotatable bonds is 7. The average Bonchev–Trinajstić information content (AvgIpc) is 2.30. The number of ether oxygens (including phenoxy) is 1. The Morgan fingerprint density at radius 1 is 1.31 bits per heavy atom. The Bertz CT molecular complexity index is 319. The molecule has 1 rings (SSSR count). The van der Waals surface area contributed by atoms with E-state index in [4.69, 9.17) is 4.74 Å². The van der Waals surface area contributed by atoms with E-state index >= 15 is 0 Å². The van der Waals surface area contributed by atoms with Gasteiger partial charge in [0.2, 0.25) is 0 Å². The van der Waals surface area contributed by atoms with Gasteiger partial charge in [0.25, 0.3) is 0 Å². The molecular formula is C13H19NO2. The van der Waals surface area contributed by atoms with Crippen molar-refractivity contribution in [3.63, 3.8) is 0 Å². The molecule has 0 unspecified atom stereocenters. The highest BCUT2D eigenvalue weighted by atomic mass is 16.5. The number of carbonyl (C=O) groups excluding carboxylic acids is 1. The van der Waals surface area contributed by atoms with Gasteiger partial charge in [0.15, 0.2) is 5.78 Å². The van der Waals surface area contributed by atoms with Gasteiger partial charge in [-0.15, -0.1) is 0 Å². The van der Waals surface area contributed by atoms with Crippen LogP contribution in [-0.4, -0.2) is 26.0 Å². The summed E-state index contributed by atoms with van der Waals surface area (Å²) in [4.78, 5) is 11.7. The fourth-order valence-corrected chi connectivity index (χ4v) is 1.47. The summed E-state index contributed by atoms with van der Waals surface area (Å²) >= 11 is 0. The lowest BCUT2D eigenvalue weighted by Gasteiger charge is -2.04. The molecule has 0 fully saturated rings. The molecule has 16 heavy (non-hydrogen) atoms. The fourth-order valence-electron chi connectivity index (χ4n) is 1.47. The van der Waals surface area contributed by atoms with Crippen LogP contribution in [0, 0.1) is 0 Å². The zero-order valence-electron chi connectivity index (χ0n) is 9.95. The van der Waals surface area contributed by atoms with Crippen molar-refractivity contribution in [2.24, 2.45) is 0 Å². The summed E-state index contributed by atoms with van der Waals surface area (Å²) in [6.45, 7) is 3.47. The van der Waals surface area contributed by atoms with Crippen molar-refractivity contribution < 1.29 is 9.53 Å². The van der Waals surface area contributed by atoms with Crippen LogP contribution in [0.5, 0.6) is 5.75 Å². The quantitative estimate of drug-likeness (QED) is 0.567. The van der Waals surface area contributed by atoms with Crippen molar-refractivity contribution in [2.45, 2.75) is 19.8 Å². The van der Waals surface area contributed by atoms with Crippen LogP contribution in [0.15, 0.2) is 24.3 Å². The number of Topliss-reactive ketones (excluding diaryl/α,β-unsaturated/α-hetero) is 1. The third-order valence-corrected chi connectivity index (χ3v) is 2.32. The zero-order chi connectivity index (χ0) is 11.8. The average molecular weight is 221 g/mol. The van der Waals surface area contributed by atoms with E-state index in [1.54, 1.807) is 0 Å². The molecule has 0 atom stereocenters. The molecule has 0 aliphatic heterocycles. The molecule has 0 saturated heterocycles. The molecule has 3 heteroatoms. The summed E-state index contributed by atoms with van der Waals surface area (Å²) < 4.78 is 5.32. The van der Waals surface area contributed by atoms with Gasteiger partial charge in [-0.05, 0) is 51.2 Å². The molecule has 0 amide bonds. The molecule has 1 aromatic carbocycles. The van der Waals surface area contributed by atoms with Gasteiger partial charge in [-0.1, -0.05) is 0 Å². The monoisotopic (exact) mass is 221 g/mol. The molecule has 88 valence electrons. The lowest BCUT2D eigenvalue weighted by Crippen LogP contribution is -2.10. The minimum Gasteiger partial charge on any atom is -0.494 e. The molecular weight excluding hydrogens is 202 g/mol. The number of hydrogen-bond acceptors (Lipinski definition) is 3. The van der Waals surface area contributed by atoms with Gasteiger partial charge in [-0.25, -0.2) is 0 Å². The van der Waals surface area contributed by atoms with Gasteiger partial charge in [0.1, 0.15) is 5.75 Å². The Hall–Kier alpha value is -1.35. The van der Waals surface area contributed by atoms with Crippen molar-refractivity contribution >= 4 is 5.78 Å². The van der Waals surface area contributed by atoms with E-state index in [1.807, 2.05) is 38.2 Å². The second-order valence-corrected chi connectivity index (χ2v) is 3.59. The molecule has 0 aliphatic carbocycles. The van der Waals surface area contributed by atoms with Crippen molar-refractivity contribution in [3.05, 3.63) is 29.8 Å². The van der Waals surface area contributed by atoms with E-state index < -0.39 is 0 Å². The third-order valence-electron chi connectivity index (χ3n) is 2.32. The topological polar surface area (TPSA) is 38.3 Å². The fraction of sp³-hybridized carbons (Fsp3) is 0.462. The Balaban J connectivity index is 2.49. The molecule has 0 bridgehead atoms. The predicted octanol–water partition coefficient (Wildman–Crippen LogP) is 2.27. The number of carbonyl (C=O) groups is 1. The van der Waals surface area contributed by atoms with Crippen LogP contribution in [0.1, 0.15) is 30.1 Å². The maximum atomic E-state index is 11.7. The van der Waals surface area contributed by atoms with Crippen molar-refractivity contribution in [2.75, 3.05) is 20.2 Å². The maximum absolute atomic E-state index is 11.7. The Morgan fingerprint density at radius 2 is 2.00 bits per heavy atom. The first-order valence-electron chi connectivity index (χ1n) is 5.68. The maximum Gasteiger partial charge on any atom is 0.162 e. The predicted molar refractivity (Wildman–Crippen MR) is 65.1 cm³/mol. The van der Waals surface area contributed by atoms with Gasteiger partial charge in [0.05, 0.1) is 6.61 Å². The second kappa shape index (κ2) is 7.01. The standard InChI is InChI=1S/C13H19NO2/c1-3-16-12-8-6-11(7-9-12)13(15)5-4-10-14-2/h6-9,14H,3-5,10H2,1-2H3. The van der Waals surface area contributed by atoms with Crippen LogP contribution in [0.4, 0.5) is 0 Å². The van der Waals surface area contributed by atoms with Crippen LogP contribution >= 0.6 is 0 Å². The highest BCUT2D eigenvalue weighted by Crippen LogP contribution is 2.13. The lowest BCUT2D eigenvalue weighted by molar-refractivity contribution is 0.0980. The van der Waals surface area contributed by atoms with Crippen LogP contribution in [0.25, 0.3) is 0 Å². The highest BCUT2D eigenvalue weighted by molar-refractivity contribution is 5.96. The normalized spacial score (nSPS) is 10.1. The first kappa shape index (κ1) is 12.7. The van der Waals surface area contributed by atoms with Crippen molar-refractivity contribution in [1.82, 2.24) is 5.32 Å². The molecule has 0 spiro atoms. The Morgan fingerprint density at radius 3 is 2.56 bits per heavy atom. The molecule has 0 aliphatic rings. The van der Waals surface area contributed by atoms with Gasteiger partial charge >= 0.3 is 0 Å². The Labute approximate surface area is 96.8 Å². The molecule has 3 nitrogen and oxygen atoms in total. The number of hydrogen-bond donors (Lipinski definition) is 1. The lowest BCUT2D eigenvalue weighted by atomic mass is 10.1. The summed E-state index contributed by atoms with van der Waals surface area (Å²) in [6, 6.07) is 7.34. The van der Waals surface area contributed by atoms with E-state index in [9.17, 15) is 4.79 Å². The van der Waals surface area contributed by atoms with E-state index in [2.05, 4.69) is 5.32 Å². The summed E-state index contributed by atoms with van der Waals surface area (Å²) in [6.07, 6.45) is 1.47. The minimum atomic E-state index is 0.193. The molecule has 0 heterocycles. The van der Waals surface area contributed by atoms with Gasteiger partial charge in [-0.3, -0.25) is 4.79 Å². The van der Waals surface area contributed by atoms with E-state index in [0.717, 1.165) is 24.3 Å². The van der Waals surface area contributed by atoms with Crippen LogP contribution in [0.3, 0.4) is 0 Å². The van der Waals surface area contributed by atoms with Crippen LogP contribution in [0.2, 0.25) is 0 Å². The van der Waals surface area contributed by atoms with E-state index in [-0.39, 0.29) is 5.78 Å². The van der Waals surface area contributed by atoms with E-state index in [1.165, 1.54) is 0 Å². The zero-order valence-corrected chi connectivity index (χ0v) is 9.95. The summed E-state index contributed by atoms with van der Waals surface area (Å²) in [7, 11) is 1.89. The first-order chi connectivity index (χ1) is 7.77. The summed E-state index contributed by atoms with van der Waals surface area (Å²) in [5, 5.41) is 3.03. The van der Waals surface area contributed by atoms with Crippen molar-refractivity contribution in [3.8, 4) is 5.75 Å². The smallest absolute Gasteiger partial charge is 0.162 e. The number of nitrogens with one attached hydrogen (secondary N) is 1. The van der Waals surface area contributed by atoms with Gasteiger partial charge in [0, 0.05) is 12.0 Å².